The van der Waals surface area contributed by atoms with Crippen LogP contribution in [0.1, 0.15) is 47.8 Å². The molecule has 0 spiro atoms. The molecule has 14 heteroatoms. The highest BCUT2D eigenvalue weighted by Gasteiger charge is 2.43. The van der Waals surface area contributed by atoms with Gasteiger partial charge in [-0.25, -0.2) is 14.1 Å². The van der Waals surface area contributed by atoms with Crippen molar-refractivity contribution in [3.63, 3.8) is 0 Å². The average Bonchev–Trinajstić information content (AvgIpc) is 3.54. The second-order valence-corrected chi connectivity index (χ2v) is 13.0. The van der Waals surface area contributed by atoms with Crippen LogP contribution in [0.15, 0.2) is 52.1 Å². The number of fused-ring (bicyclic) bond motifs is 2. The van der Waals surface area contributed by atoms with Crippen molar-refractivity contribution in [2.75, 3.05) is 44.1 Å². The number of likely N-dealkylation sites (N-methyl/N-ethyl adjacent to an activating group) is 2. The van der Waals surface area contributed by atoms with E-state index in [4.69, 9.17) is 15.3 Å². The number of amidine groups is 1. The zero-order valence-electron chi connectivity index (χ0n) is 26.0. The maximum Gasteiger partial charge on any atom is 0.290 e. The van der Waals surface area contributed by atoms with Gasteiger partial charge in [0.25, 0.3) is 11.5 Å². The smallest absolute Gasteiger partial charge is 0.290 e. The molecule has 45 heavy (non-hydrogen) atoms. The molecule has 0 saturated carbocycles. The van der Waals surface area contributed by atoms with Gasteiger partial charge in [-0.3, -0.25) is 14.4 Å². The highest BCUT2D eigenvalue weighted by molar-refractivity contribution is 6.10. The summed E-state index contributed by atoms with van der Waals surface area (Å²) in [5.74, 6) is -0.926. The second-order valence-electron chi connectivity index (χ2n) is 13.0. The van der Waals surface area contributed by atoms with E-state index in [-0.39, 0.29) is 44.0 Å². The van der Waals surface area contributed by atoms with Crippen LogP contribution >= 0.6 is 0 Å². The Kier molecular flexibility index (Phi) is 7.08. The Morgan fingerprint density at radius 3 is 2.69 bits per heavy atom. The summed E-state index contributed by atoms with van der Waals surface area (Å²) >= 11 is 0. The Morgan fingerprint density at radius 1 is 1.22 bits per heavy atom. The van der Waals surface area contributed by atoms with Crippen molar-refractivity contribution < 1.29 is 23.3 Å². The Bertz CT molecular complexity index is 1890. The van der Waals surface area contributed by atoms with Gasteiger partial charge in [-0.05, 0) is 35.2 Å². The number of aromatic nitrogens is 3. The highest BCUT2D eigenvalue weighted by atomic mass is 19.1. The fourth-order valence-corrected chi connectivity index (χ4v) is 5.76. The summed E-state index contributed by atoms with van der Waals surface area (Å²) in [6.07, 6.45) is 4.24. The summed E-state index contributed by atoms with van der Waals surface area (Å²) in [7, 11) is 5.09. The van der Waals surface area contributed by atoms with Crippen LogP contribution in [-0.2, 0) is 23.9 Å². The molecule has 1 amide bonds. The minimum Gasteiger partial charge on any atom is -0.632 e. The number of rotatable bonds is 4. The number of anilines is 2. The van der Waals surface area contributed by atoms with Crippen LogP contribution in [-0.4, -0.2) is 75.7 Å². The fourth-order valence-electron chi connectivity index (χ4n) is 5.76. The Labute approximate surface area is 259 Å². The van der Waals surface area contributed by atoms with Gasteiger partial charge in [-0.1, -0.05) is 25.9 Å². The number of hydrogen-bond acceptors (Lipinski definition) is 9. The van der Waals surface area contributed by atoms with E-state index in [0.717, 1.165) is 17.0 Å². The van der Waals surface area contributed by atoms with Crippen molar-refractivity contribution in [1.29, 1.82) is 5.41 Å². The van der Waals surface area contributed by atoms with Gasteiger partial charge >= 0.3 is 0 Å². The normalized spacial score (nSPS) is 22.4. The summed E-state index contributed by atoms with van der Waals surface area (Å²) in [4.78, 5) is 36.8. The van der Waals surface area contributed by atoms with Crippen LogP contribution in [0.2, 0.25) is 0 Å². The zero-order chi connectivity index (χ0) is 32.5. The third kappa shape index (κ3) is 5.35. The molecule has 5 heterocycles. The van der Waals surface area contributed by atoms with E-state index >= 15 is 4.39 Å². The molecule has 13 nitrogen and oxygen atoms in total. The zero-order valence-corrected chi connectivity index (χ0v) is 26.0. The van der Waals surface area contributed by atoms with E-state index in [1.165, 1.54) is 24.0 Å². The molecule has 3 aliphatic rings. The Balaban J connectivity index is 1.34. The number of hydroxylamine groups is 4. The molecule has 0 bridgehead atoms. The number of benzene rings is 1. The summed E-state index contributed by atoms with van der Waals surface area (Å²) in [6, 6.07) is 6.22. The number of piperazine rings is 1. The number of aryl methyl sites for hydroxylation is 1. The van der Waals surface area contributed by atoms with Gasteiger partial charge in [0.1, 0.15) is 24.7 Å². The molecule has 1 saturated heterocycles. The number of hydrogen-bond donors (Lipinski definition) is 2. The van der Waals surface area contributed by atoms with Gasteiger partial charge in [-0.15, -0.1) is 0 Å². The lowest BCUT2D eigenvalue weighted by Crippen LogP contribution is -2.56. The Morgan fingerprint density at radius 2 is 1.98 bits per heavy atom. The molecule has 3 aliphatic heterocycles. The van der Waals surface area contributed by atoms with Gasteiger partial charge in [0.05, 0.1) is 31.4 Å². The average molecular weight is 617 g/mol. The van der Waals surface area contributed by atoms with Crippen molar-refractivity contribution in [3.05, 3.63) is 85.9 Å². The molecule has 2 N–H and O–H groups in total. The van der Waals surface area contributed by atoms with Crippen LogP contribution in [0.5, 0.6) is 0 Å². The maximum atomic E-state index is 15.4. The number of carbonyl (C=O) groups excluding carboxylic acids is 1. The SMILES string of the molecule is Cn1nc(-c2ccnc3c2CON3C(=O)c2c(F)cc(C(C)(C)C)cc2C=N)cc(NC2=N[N+]3(C)CC[N+](C)([O-])CC3=C2)c1=O. The van der Waals surface area contributed by atoms with E-state index < -0.39 is 17.1 Å². The summed E-state index contributed by atoms with van der Waals surface area (Å²) in [5.41, 5.74) is 2.28. The van der Waals surface area contributed by atoms with Crippen LogP contribution < -0.4 is 15.9 Å². The molecule has 6 rings (SSSR count). The maximum absolute atomic E-state index is 15.4. The number of nitrogens with zero attached hydrogens (tertiary/aromatic N) is 7. The summed E-state index contributed by atoms with van der Waals surface area (Å²) in [5, 5.41) is 33.7. The standard InChI is InChI=1S/C31H35FN9O4/c1-31(2,3)19-11-18(15-33)27(23(32)12-19)30(43)39-28-22(17-45-39)21(7-8-34-28)24-14-25(29(42)38(4)36-24)35-26-13-20-16-40(5,44)9-10-41(20,6)37-26/h7-8,11-15,33H,9-10,16-17H2,1-6H3,(H,35,37)/q+1. The van der Waals surface area contributed by atoms with Gasteiger partial charge in [0, 0.05) is 36.1 Å². The van der Waals surface area contributed by atoms with Crippen molar-refractivity contribution >= 4 is 29.5 Å². The molecule has 0 aliphatic carbocycles. The predicted molar refractivity (Wildman–Crippen MR) is 167 cm³/mol. The first-order valence-electron chi connectivity index (χ1n) is 14.5. The molecule has 2 atom stereocenters. The molecule has 234 valence electrons. The lowest BCUT2D eigenvalue weighted by Gasteiger charge is -2.45. The van der Waals surface area contributed by atoms with E-state index in [1.807, 2.05) is 33.9 Å². The predicted octanol–water partition coefficient (Wildman–Crippen LogP) is 3.40. The van der Waals surface area contributed by atoms with Crippen LogP contribution in [0.4, 0.5) is 15.9 Å². The lowest BCUT2D eigenvalue weighted by molar-refractivity contribution is -0.970. The van der Waals surface area contributed by atoms with Gasteiger partial charge < -0.3 is 20.6 Å². The van der Waals surface area contributed by atoms with Gasteiger partial charge in [0.15, 0.2) is 30.4 Å². The Hall–Kier alpha value is -4.63. The number of halogens is 1. The topological polar surface area (TPSA) is 149 Å². The van der Waals surface area contributed by atoms with Crippen LogP contribution in [0.3, 0.4) is 0 Å². The largest absolute Gasteiger partial charge is 0.632 e. The van der Waals surface area contributed by atoms with Crippen molar-refractivity contribution in [2.24, 2.45) is 12.1 Å². The summed E-state index contributed by atoms with van der Waals surface area (Å²) in [6.45, 7) is 6.98. The first kappa shape index (κ1) is 30.4. The van der Waals surface area contributed by atoms with Crippen LogP contribution in [0.25, 0.3) is 11.3 Å². The molecule has 1 fully saturated rings. The lowest BCUT2D eigenvalue weighted by atomic mass is 9.85. The van der Waals surface area contributed by atoms with E-state index in [9.17, 15) is 14.8 Å². The summed E-state index contributed by atoms with van der Waals surface area (Å²) < 4.78 is 16.5. The van der Waals surface area contributed by atoms with E-state index in [0.29, 0.717) is 47.9 Å². The molecule has 1 aromatic carbocycles. The number of quaternary nitrogens is 2. The van der Waals surface area contributed by atoms with Crippen molar-refractivity contribution in [3.8, 4) is 11.3 Å². The number of amides is 1. The molecule has 0 radical (unpaired) electrons. The first-order valence-corrected chi connectivity index (χ1v) is 14.5. The molecule has 2 aromatic heterocycles. The molecular formula is C31H35FN9O4+. The van der Waals surface area contributed by atoms with Crippen molar-refractivity contribution in [1.82, 2.24) is 14.8 Å². The van der Waals surface area contributed by atoms with Crippen LogP contribution in [0, 0.1) is 16.4 Å². The molecular weight excluding hydrogens is 581 g/mol. The van der Waals surface area contributed by atoms with Gasteiger partial charge in [-0.2, -0.15) is 14.8 Å². The van der Waals surface area contributed by atoms with E-state index in [2.05, 4.69) is 15.4 Å². The minimum absolute atomic E-state index is 0.0556. The number of carbonyl (C=O) groups is 1. The van der Waals surface area contributed by atoms with Gasteiger partial charge in [0.2, 0.25) is 0 Å². The molecule has 2 unspecified atom stereocenters. The molecule has 3 aromatic rings. The third-order valence-electron chi connectivity index (χ3n) is 8.46. The number of nitrogens with one attached hydrogen (secondary N) is 2. The van der Waals surface area contributed by atoms with E-state index in [1.54, 1.807) is 25.2 Å². The highest BCUT2D eigenvalue weighted by Crippen LogP contribution is 2.37. The second kappa shape index (κ2) is 10.5. The number of pyridine rings is 1. The fraction of sp³-hybridized carbons (Fsp3) is 0.355. The first-order chi connectivity index (χ1) is 21.1. The monoisotopic (exact) mass is 616 g/mol. The van der Waals surface area contributed by atoms with Crippen molar-refractivity contribution in [2.45, 2.75) is 32.8 Å². The quantitative estimate of drug-likeness (QED) is 0.259. The minimum atomic E-state index is -0.793. The third-order valence-corrected chi connectivity index (χ3v) is 8.46.